The second-order valence-electron chi connectivity index (χ2n) is 15.3. The largest absolute Gasteiger partial charge is 0.310 e. The molecule has 0 fully saturated rings. The Bertz CT molecular complexity index is 3300. The zero-order valence-electron chi connectivity index (χ0n) is 33.0. The van der Waals surface area contributed by atoms with Crippen LogP contribution in [-0.4, -0.2) is 4.57 Å². The minimum absolute atomic E-state index is 1.07. The van der Waals surface area contributed by atoms with Gasteiger partial charge in [0.1, 0.15) is 0 Å². The van der Waals surface area contributed by atoms with Crippen LogP contribution in [0.1, 0.15) is 0 Å². The zero-order chi connectivity index (χ0) is 39.8. The Balaban J connectivity index is 1.20. The average Bonchev–Trinajstić information content (AvgIpc) is 3.66. The van der Waals surface area contributed by atoms with Gasteiger partial charge in [-0.25, -0.2) is 0 Å². The first-order chi connectivity index (χ1) is 29.8. The summed E-state index contributed by atoms with van der Waals surface area (Å²) in [6.45, 7) is 0. The molecular weight excluding hydrogens is 725 g/mol. The molecule has 0 saturated heterocycles. The molecule has 2 heteroatoms. The van der Waals surface area contributed by atoms with Gasteiger partial charge in [0.05, 0.1) is 22.4 Å². The van der Waals surface area contributed by atoms with E-state index in [0.29, 0.717) is 0 Å². The van der Waals surface area contributed by atoms with Crippen LogP contribution in [0.5, 0.6) is 0 Å². The van der Waals surface area contributed by atoms with Gasteiger partial charge < -0.3 is 9.47 Å². The molecule has 60 heavy (non-hydrogen) atoms. The van der Waals surface area contributed by atoms with Gasteiger partial charge in [0.2, 0.25) is 0 Å². The summed E-state index contributed by atoms with van der Waals surface area (Å²) in [7, 11) is 0. The molecule has 11 aromatic rings. The second kappa shape index (κ2) is 15.1. The van der Waals surface area contributed by atoms with Crippen molar-refractivity contribution in [3.05, 3.63) is 243 Å². The Morgan fingerprint density at radius 2 is 0.800 bits per heavy atom. The van der Waals surface area contributed by atoms with Gasteiger partial charge in [-0.1, -0.05) is 200 Å². The monoisotopic (exact) mass is 764 g/mol. The molecule has 0 radical (unpaired) electrons. The third kappa shape index (κ3) is 6.14. The summed E-state index contributed by atoms with van der Waals surface area (Å²) in [5.41, 5.74) is 16.2. The van der Waals surface area contributed by atoms with Crippen LogP contribution < -0.4 is 4.90 Å². The summed E-state index contributed by atoms with van der Waals surface area (Å²) >= 11 is 0. The van der Waals surface area contributed by atoms with E-state index in [1.807, 2.05) is 0 Å². The highest BCUT2D eigenvalue weighted by atomic mass is 15.1. The molecule has 0 saturated carbocycles. The normalized spacial score (nSPS) is 11.3. The van der Waals surface area contributed by atoms with E-state index in [-0.39, 0.29) is 0 Å². The zero-order valence-corrected chi connectivity index (χ0v) is 33.0. The minimum atomic E-state index is 1.07. The molecule has 2 nitrogen and oxygen atoms in total. The van der Waals surface area contributed by atoms with Crippen molar-refractivity contribution < 1.29 is 0 Å². The molecule has 11 rings (SSSR count). The maximum absolute atomic E-state index is 2.46. The van der Waals surface area contributed by atoms with Crippen molar-refractivity contribution >= 4 is 49.6 Å². The Morgan fingerprint density at radius 1 is 0.283 bits per heavy atom. The van der Waals surface area contributed by atoms with E-state index in [0.717, 1.165) is 33.8 Å². The third-order valence-corrected chi connectivity index (χ3v) is 11.8. The van der Waals surface area contributed by atoms with E-state index < -0.39 is 0 Å². The predicted octanol–water partition coefficient (Wildman–Crippen LogP) is 16.1. The molecule has 0 amide bonds. The lowest BCUT2D eigenvalue weighted by atomic mass is 9.93. The standard InChI is InChI=1S/C58H40N2/c1-4-19-41(20-5-1)48-37-35-45(39-54(48)44-23-8-3-9-24-44)59(56-33-16-13-29-51(56)50-31-18-26-42-25-10-11-27-47(42)50)46-36-38-53-52-30-14-17-34-57(52)60(58(53)40-46)55-32-15-12-28-49(55)43-21-6-2-7-22-43/h1-40H. The number of hydrogen-bond donors (Lipinski definition) is 0. The first-order valence-electron chi connectivity index (χ1n) is 20.6. The van der Waals surface area contributed by atoms with E-state index in [4.69, 9.17) is 0 Å². The van der Waals surface area contributed by atoms with Crippen LogP contribution in [0.4, 0.5) is 17.1 Å². The Labute approximate surface area is 350 Å². The van der Waals surface area contributed by atoms with Gasteiger partial charge in [-0.05, 0) is 86.6 Å². The molecule has 0 aliphatic heterocycles. The summed E-state index contributed by atoms with van der Waals surface area (Å²) in [4.78, 5) is 2.46. The van der Waals surface area contributed by atoms with Crippen molar-refractivity contribution in [2.75, 3.05) is 4.90 Å². The lowest BCUT2D eigenvalue weighted by Gasteiger charge is -2.29. The van der Waals surface area contributed by atoms with Gasteiger partial charge in [0.25, 0.3) is 0 Å². The Morgan fingerprint density at radius 3 is 1.57 bits per heavy atom. The summed E-state index contributed by atoms with van der Waals surface area (Å²) < 4.78 is 2.46. The molecule has 1 heterocycles. The van der Waals surface area contributed by atoms with Crippen LogP contribution >= 0.6 is 0 Å². The van der Waals surface area contributed by atoms with Crippen LogP contribution in [0, 0.1) is 0 Å². The fraction of sp³-hybridized carbons (Fsp3) is 0. The van der Waals surface area contributed by atoms with Crippen LogP contribution in [-0.2, 0) is 0 Å². The number of nitrogens with zero attached hydrogens (tertiary/aromatic N) is 2. The highest BCUT2D eigenvalue weighted by molar-refractivity contribution is 6.11. The van der Waals surface area contributed by atoms with Crippen molar-refractivity contribution in [3.8, 4) is 50.2 Å². The van der Waals surface area contributed by atoms with E-state index in [1.165, 1.54) is 66.0 Å². The van der Waals surface area contributed by atoms with Crippen molar-refractivity contribution in [2.45, 2.75) is 0 Å². The fourth-order valence-electron chi connectivity index (χ4n) is 9.07. The topological polar surface area (TPSA) is 8.17 Å². The van der Waals surface area contributed by atoms with Gasteiger partial charge in [-0.2, -0.15) is 0 Å². The van der Waals surface area contributed by atoms with E-state index in [9.17, 15) is 0 Å². The SMILES string of the molecule is c1ccc(-c2ccc(N(c3ccc4c5ccccc5n(-c5ccccc5-c5ccccc5)c4c3)c3ccccc3-c3cccc4ccccc34)cc2-c2ccccc2)cc1. The number of benzene rings is 10. The number of anilines is 3. The molecule has 1 aromatic heterocycles. The number of fused-ring (bicyclic) bond motifs is 4. The van der Waals surface area contributed by atoms with Crippen molar-refractivity contribution in [2.24, 2.45) is 0 Å². The maximum atomic E-state index is 2.46. The molecule has 0 N–H and O–H groups in total. The van der Waals surface area contributed by atoms with Crippen molar-refractivity contribution in [1.29, 1.82) is 0 Å². The summed E-state index contributed by atoms with van der Waals surface area (Å²) in [6.07, 6.45) is 0. The maximum Gasteiger partial charge on any atom is 0.0562 e. The lowest BCUT2D eigenvalue weighted by molar-refractivity contribution is 1.18. The van der Waals surface area contributed by atoms with Crippen LogP contribution in [0.3, 0.4) is 0 Å². The molecule has 0 bridgehead atoms. The first kappa shape index (κ1) is 35.2. The molecule has 0 atom stereocenters. The predicted molar refractivity (Wildman–Crippen MR) is 255 cm³/mol. The van der Waals surface area contributed by atoms with Gasteiger partial charge in [0, 0.05) is 33.3 Å². The summed E-state index contributed by atoms with van der Waals surface area (Å²) in [6, 6.07) is 88.0. The van der Waals surface area contributed by atoms with Crippen molar-refractivity contribution in [3.63, 3.8) is 0 Å². The van der Waals surface area contributed by atoms with Crippen LogP contribution in [0.2, 0.25) is 0 Å². The van der Waals surface area contributed by atoms with Crippen molar-refractivity contribution in [1.82, 2.24) is 4.57 Å². The van der Waals surface area contributed by atoms with Gasteiger partial charge in [-0.3, -0.25) is 0 Å². The highest BCUT2D eigenvalue weighted by Gasteiger charge is 2.23. The molecule has 10 aromatic carbocycles. The highest BCUT2D eigenvalue weighted by Crippen LogP contribution is 2.47. The van der Waals surface area contributed by atoms with Crippen LogP contribution in [0.25, 0.3) is 82.8 Å². The Kier molecular flexibility index (Phi) is 8.87. The van der Waals surface area contributed by atoms with E-state index in [1.54, 1.807) is 0 Å². The van der Waals surface area contributed by atoms with Gasteiger partial charge in [0.15, 0.2) is 0 Å². The van der Waals surface area contributed by atoms with Gasteiger partial charge >= 0.3 is 0 Å². The molecule has 0 aliphatic rings. The van der Waals surface area contributed by atoms with Gasteiger partial charge in [-0.15, -0.1) is 0 Å². The number of aromatic nitrogens is 1. The summed E-state index contributed by atoms with van der Waals surface area (Å²) in [5, 5.41) is 4.88. The second-order valence-corrected chi connectivity index (χ2v) is 15.3. The molecule has 0 aliphatic carbocycles. The molecular formula is C58H40N2. The molecule has 282 valence electrons. The molecule has 0 spiro atoms. The van der Waals surface area contributed by atoms with E-state index >= 15 is 0 Å². The average molecular weight is 765 g/mol. The quantitative estimate of drug-likeness (QED) is 0.150. The third-order valence-electron chi connectivity index (χ3n) is 11.8. The number of para-hydroxylation sites is 3. The Hall–Kier alpha value is -7.94. The lowest BCUT2D eigenvalue weighted by Crippen LogP contribution is -2.12. The fourth-order valence-corrected chi connectivity index (χ4v) is 9.07. The summed E-state index contributed by atoms with van der Waals surface area (Å²) in [5.74, 6) is 0. The smallest absolute Gasteiger partial charge is 0.0562 e. The molecule has 0 unspecified atom stereocenters. The first-order valence-corrected chi connectivity index (χ1v) is 20.6. The minimum Gasteiger partial charge on any atom is -0.310 e. The van der Waals surface area contributed by atoms with Crippen LogP contribution in [0.15, 0.2) is 243 Å². The number of hydrogen-bond acceptors (Lipinski definition) is 1. The number of rotatable bonds is 8. The van der Waals surface area contributed by atoms with E-state index in [2.05, 4.69) is 252 Å².